The second kappa shape index (κ2) is 6.01. The highest BCUT2D eigenvalue weighted by Gasteiger charge is 2.20. The van der Waals surface area contributed by atoms with Crippen molar-refractivity contribution in [1.82, 2.24) is 0 Å². The molecule has 1 aromatic carbocycles. The van der Waals surface area contributed by atoms with Gasteiger partial charge in [0.2, 0.25) is 5.43 Å². The number of hydrogen-bond acceptors (Lipinski definition) is 4. The SMILES string of the molecule is CC(C)C[C@@H](N)CCc1c(O)c(=O)c1=O.Cl. The van der Waals surface area contributed by atoms with Crippen molar-refractivity contribution in [1.29, 1.82) is 0 Å². The molecule has 1 aromatic rings. The zero-order valence-corrected chi connectivity index (χ0v) is 10.3. The molecule has 3 N–H and O–H groups in total. The summed E-state index contributed by atoms with van der Waals surface area (Å²) in [6.07, 6.45) is 1.93. The summed E-state index contributed by atoms with van der Waals surface area (Å²) in [5.41, 5.74) is 4.76. The van der Waals surface area contributed by atoms with Gasteiger partial charge in [-0.05, 0) is 25.2 Å². The maximum atomic E-state index is 11.0. The predicted molar refractivity (Wildman–Crippen MR) is 66.0 cm³/mol. The van der Waals surface area contributed by atoms with Crippen LogP contribution in [0.5, 0.6) is 5.75 Å². The molecule has 0 heterocycles. The fraction of sp³-hybridized carbons (Fsp3) is 0.636. The Morgan fingerprint density at radius 3 is 2.25 bits per heavy atom. The second-order valence-corrected chi connectivity index (χ2v) is 4.41. The van der Waals surface area contributed by atoms with Crippen molar-refractivity contribution in [3.05, 3.63) is 26.0 Å². The molecule has 0 amide bonds. The Labute approximate surface area is 101 Å². The van der Waals surface area contributed by atoms with E-state index < -0.39 is 10.9 Å². The highest BCUT2D eigenvalue weighted by Crippen LogP contribution is 2.13. The molecule has 1 atom stereocenters. The van der Waals surface area contributed by atoms with Crippen LogP contribution in [0, 0.1) is 5.92 Å². The lowest BCUT2D eigenvalue weighted by molar-refractivity contribution is 0.440. The van der Waals surface area contributed by atoms with Crippen LogP contribution in [0.1, 0.15) is 32.3 Å². The normalized spacial score (nSPS) is 12.8. The number of aromatic hydroxyl groups is 1. The fourth-order valence-electron chi connectivity index (χ4n) is 1.71. The van der Waals surface area contributed by atoms with Crippen LogP contribution < -0.4 is 16.6 Å². The summed E-state index contributed by atoms with van der Waals surface area (Å²) in [5.74, 6) is 0.151. The first-order chi connectivity index (χ1) is 6.93. The minimum atomic E-state index is -0.762. The third-order valence-corrected chi connectivity index (χ3v) is 2.52. The lowest BCUT2D eigenvalue weighted by Crippen LogP contribution is -2.35. The van der Waals surface area contributed by atoms with Gasteiger partial charge in [0, 0.05) is 11.6 Å². The van der Waals surface area contributed by atoms with Crippen LogP contribution >= 0.6 is 12.4 Å². The molecule has 0 unspecified atom stereocenters. The molecule has 0 bridgehead atoms. The summed E-state index contributed by atoms with van der Waals surface area (Å²) in [4.78, 5) is 21.7. The molecule has 0 fully saturated rings. The Morgan fingerprint density at radius 2 is 1.81 bits per heavy atom. The monoisotopic (exact) mass is 247 g/mol. The average molecular weight is 248 g/mol. The van der Waals surface area contributed by atoms with Crippen LogP contribution in [0.15, 0.2) is 9.59 Å². The number of rotatable bonds is 5. The fourth-order valence-corrected chi connectivity index (χ4v) is 1.71. The standard InChI is InChI=1S/C11H17NO3.ClH/c1-6(2)5-7(12)3-4-8-9(13)11(15)10(8)14;/h6-7,13H,3-5,12H2,1-2H3;1H/t7-;/m0./s1. The maximum Gasteiger partial charge on any atom is 0.267 e. The largest absolute Gasteiger partial charge is 0.504 e. The number of halogens is 1. The molecule has 0 saturated heterocycles. The third-order valence-electron chi connectivity index (χ3n) is 2.52. The van der Waals surface area contributed by atoms with Gasteiger partial charge in [0.15, 0.2) is 5.75 Å². The average Bonchev–Trinajstić information content (AvgIpc) is 2.16. The van der Waals surface area contributed by atoms with Crippen LogP contribution in [-0.4, -0.2) is 11.1 Å². The lowest BCUT2D eigenvalue weighted by Gasteiger charge is -2.14. The molecule has 0 spiro atoms. The number of nitrogens with two attached hydrogens (primary N) is 1. The molecule has 1 rings (SSSR count). The molecule has 92 valence electrons. The van der Waals surface area contributed by atoms with Crippen molar-refractivity contribution in [2.45, 2.75) is 39.2 Å². The van der Waals surface area contributed by atoms with Gasteiger partial charge in [-0.15, -0.1) is 12.4 Å². The molecular formula is C11H18ClNO3. The molecule has 0 aliphatic rings. The smallest absolute Gasteiger partial charge is 0.267 e. The topological polar surface area (TPSA) is 80.4 Å². The molecule has 16 heavy (non-hydrogen) atoms. The molecule has 0 aliphatic heterocycles. The van der Waals surface area contributed by atoms with E-state index >= 15 is 0 Å². The van der Waals surface area contributed by atoms with Crippen LogP contribution in [0.25, 0.3) is 0 Å². The van der Waals surface area contributed by atoms with Gasteiger partial charge in [0.25, 0.3) is 5.43 Å². The summed E-state index contributed by atoms with van der Waals surface area (Å²) < 4.78 is 0. The van der Waals surface area contributed by atoms with E-state index in [1.165, 1.54) is 0 Å². The molecule has 5 heteroatoms. The second-order valence-electron chi connectivity index (χ2n) is 4.41. The first-order valence-electron chi connectivity index (χ1n) is 5.20. The Hall–Kier alpha value is -0.870. The first-order valence-corrected chi connectivity index (χ1v) is 5.20. The summed E-state index contributed by atoms with van der Waals surface area (Å²) in [6.45, 7) is 4.16. The zero-order chi connectivity index (χ0) is 11.6. The van der Waals surface area contributed by atoms with Gasteiger partial charge < -0.3 is 10.8 Å². The van der Waals surface area contributed by atoms with E-state index in [1.807, 2.05) is 0 Å². The van der Waals surface area contributed by atoms with E-state index in [4.69, 9.17) is 10.8 Å². The van der Waals surface area contributed by atoms with Gasteiger partial charge in [-0.1, -0.05) is 13.8 Å². The lowest BCUT2D eigenvalue weighted by atomic mass is 9.96. The summed E-state index contributed by atoms with van der Waals surface area (Å²) >= 11 is 0. The Kier molecular flexibility index (Phi) is 5.68. The van der Waals surface area contributed by atoms with E-state index in [-0.39, 0.29) is 29.8 Å². The highest BCUT2D eigenvalue weighted by molar-refractivity contribution is 5.85. The van der Waals surface area contributed by atoms with E-state index in [0.29, 0.717) is 18.8 Å². The molecule has 0 radical (unpaired) electrons. The van der Waals surface area contributed by atoms with Crippen LogP contribution in [0.2, 0.25) is 0 Å². The summed E-state index contributed by atoms with van der Waals surface area (Å²) in [7, 11) is 0. The summed E-state index contributed by atoms with van der Waals surface area (Å²) in [6, 6.07) is 0.0220. The minimum Gasteiger partial charge on any atom is -0.504 e. The van der Waals surface area contributed by atoms with E-state index in [2.05, 4.69) is 13.8 Å². The van der Waals surface area contributed by atoms with Gasteiger partial charge in [0.1, 0.15) is 0 Å². The van der Waals surface area contributed by atoms with E-state index in [1.54, 1.807) is 0 Å². The van der Waals surface area contributed by atoms with Gasteiger partial charge in [-0.3, -0.25) is 9.59 Å². The van der Waals surface area contributed by atoms with Crippen molar-refractivity contribution in [3.8, 4) is 5.75 Å². The molecule has 0 aromatic heterocycles. The van der Waals surface area contributed by atoms with Gasteiger partial charge in [-0.25, -0.2) is 0 Å². The van der Waals surface area contributed by atoms with Gasteiger partial charge in [-0.2, -0.15) is 0 Å². The van der Waals surface area contributed by atoms with Crippen LogP contribution in [0.4, 0.5) is 0 Å². The quantitative estimate of drug-likeness (QED) is 0.752. The van der Waals surface area contributed by atoms with Crippen molar-refractivity contribution in [3.63, 3.8) is 0 Å². The number of hydrogen-bond donors (Lipinski definition) is 2. The highest BCUT2D eigenvalue weighted by atomic mass is 35.5. The van der Waals surface area contributed by atoms with Crippen molar-refractivity contribution in [2.75, 3.05) is 0 Å². The third kappa shape index (κ3) is 3.32. The Morgan fingerprint density at radius 1 is 1.25 bits per heavy atom. The van der Waals surface area contributed by atoms with Crippen LogP contribution in [-0.2, 0) is 6.42 Å². The molecule has 4 nitrogen and oxygen atoms in total. The molecular weight excluding hydrogens is 230 g/mol. The Balaban J connectivity index is 0.00000225. The predicted octanol–water partition coefficient (Wildman–Crippen LogP) is 0.716. The minimum absolute atomic E-state index is 0. The summed E-state index contributed by atoms with van der Waals surface area (Å²) in [5, 5.41) is 9.11. The van der Waals surface area contributed by atoms with Gasteiger partial charge >= 0.3 is 0 Å². The van der Waals surface area contributed by atoms with E-state index in [9.17, 15) is 9.59 Å². The maximum absolute atomic E-state index is 11.0. The zero-order valence-electron chi connectivity index (χ0n) is 9.53. The van der Waals surface area contributed by atoms with Crippen LogP contribution in [0.3, 0.4) is 0 Å². The van der Waals surface area contributed by atoms with Crippen molar-refractivity contribution < 1.29 is 5.11 Å². The van der Waals surface area contributed by atoms with Gasteiger partial charge in [0.05, 0.1) is 0 Å². The van der Waals surface area contributed by atoms with Crippen molar-refractivity contribution in [2.24, 2.45) is 11.7 Å². The van der Waals surface area contributed by atoms with E-state index in [0.717, 1.165) is 6.42 Å². The first kappa shape index (κ1) is 15.1. The molecule has 0 saturated carbocycles. The Bertz CT molecular complexity index is 407. The van der Waals surface area contributed by atoms with Crippen molar-refractivity contribution >= 4 is 12.4 Å². The molecule has 0 aliphatic carbocycles.